The van der Waals surface area contributed by atoms with Crippen LogP contribution in [0.2, 0.25) is 0 Å². The molecule has 0 saturated carbocycles. The van der Waals surface area contributed by atoms with E-state index in [1.807, 2.05) is 42.5 Å². The number of carbonyl (C=O) groups excluding carboxylic acids is 1. The summed E-state index contributed by atoms with van der Waals surface area (Å²) in [5.74, 6) is -0.000218. The van der Waals surface area contributed by atoms with Gasteiger partial charge in [-0.2, -0.15) is 0 Å². The second-order valence-electron chi connectivity index (χ2n) is 5.91. The van der Waals surface area contributed by atoms with Gasteiger partial charge in [-0.3, -0.25) is 4.79 Å². The Labute approximate surface area is 136 Å². The Balaban J connectivity index is 1.47. The molecule has 2 atom stereocenters. The summed E-state index contributed by atoms with van der Waals surface area (Å²) in [5, 5.41) is 16.3. The molecule has 2 aromatic rings. The minimum Gasteiger partial charge on any atom is -0.388 e. The fourth-order valence-electron chi connectivity index (χ4n) is 2.94. The summed E-state index contributed by atoms with van der Waals surface area (Å²) >= 11 is 0. The van der Waals surface area contributed by atoms with Gasteiger partial charge >= 0.3 is 0 Å². The lowest BCUT2D eigenvalue weighted by molar-refractivity contribution is -0.123. The Morgan fingerprint density at radius 2 is 1.83 bits per heavy atom. The third-order valence-electron chi connectivity index (χ3n) is 4.30. The van der Waals surface area contributed by atoms with Crippen molar-refractivity contribution in [2.45, 2.75) is 31.5 Å². The van der Waals surface area contributed by atoms with Crippen molar-refractivity contribution in [2.24, 2.45) is 0 Å². The molecule has 0 fully saturated rings. The van der Waals surface area contributed by atoms with E-state index in [0.717, 1.165) is 12.1 Å². The van der Waals surface area contributed by atoms with Crippen molar-refractivity contribution in [1.82, 2.24) is 10.6 Å². The highest BCUT2D eigenvalue weighted by atomic mass is 16.3. The largest absolute Gasteiger partial charge is 0.388 e. The molecule has 2 unspecified atom stereocenters. The maximum Gasteiger partial charge on any atom is 0.237 e. The second kappa shape index (κ2) is 7.40. The predicted octanol–water partition coefficient (Wildman–Crippen LogP) is 1.94. The zero-order chi connectivity index (χ0) is 16.1. The van der Waals surface area contributed by atoms with Crippen LogP contribution in [-0.2, 0) is 17.8 Å². The van der Waals surface area contributed by atoms with Crippen LogP contribution in [0.1, 0.15) is 29.2 Å². The molecule has 0 aromatic heterocycles. The number of amides is 1. The first-order chi connectivity index (χ1) is 11.2. The van der Waals surface area contributed by atoms with Crippen LogP contribution in [0.25, 0.3) is 0 Å². The van der Waals surface area contributed by atoms with Crippen LogP contribution in [0, 0.1) is 0 Å². The number of carbonyl (C=O) groups is 1. The first kappa shape index (κ1) is 15.7. The molecule has 0 saturated heterocycles. The number of hydrogen-bond acceptors (Lipinski definition) is 3. The average Bonchev–Trinajstić information content (AvgIpc) is 2.61. The Kier molecular flexibility index (Phi) is 5.05. The Hall–Kier alpha value is -2.17. The maximum absolute atomic E-state index is 12.3. The van der Waals surface area contributed by atoms with E-state index in [2.05, 4.69) is 22.8 Å². The summed E-state index contributed by atoms with van der Waals surface area (Å²) in [7, 11) is 0. The summed E-state index contributed by atoms with van der Waals surface area (Å²) in [4.78, 5) is 12.3. The van der Waals surface area contributed by atoms with Crippen LogP contribution in [0.3, 0.4) is 0 Å². The number of rotatable bonds is 5. The lowest BCUT2D eigenvalue weighted by atomic mass is 9.95. The van der Waals surface area contributed by atoms with E-state index >= 15 is 0 Å². The van der Waals surface area contributed by atoms with Crippen molar-refractivity contribution in [1.29, 1.82) is 0 Å². The molecule has 1 aliphatic heterocycles. The Morgan fingerprint density at radius 3 is 2.61 bits per heavy atom. The zero-order valence-corrected chi connectivity index (χ0v) is 13.0. The molecule has 1 heterocycles. The van der Waals surface area contributed by atoms with Gasteiger partial charge in [-0.1, -0.05) is 54.6 Å². The second-order valence-corrected chi connectivity index (χ2v) is 5.91. The molecule has 1 amide bonds. The van der Waals surface area contributed by atoms with Crippen molar-refractivity contribution < 1.29 is 9.90 Å². The molecule has 3 rings (SSSR count). The smallest absolute Gasteiger partial charge is 0.237 e. The van der Waals surface area contributed by atoms with E-state index in [4.69, 9.17) is 0 Å². The van der Waals surface area contributed by atoms with E-state index in [-0.39, 0.29) is 11.9 Å². The number of aliphatic hydroxyl groups is 1. The fraction of sp³-hybridized carbons (Fsp3) is 0.316. The van der Waals surface area contributed by atoms with Gasteiger partial charge < -0.3 is 15.7 Å². The van der Waals surface area contributed by atoms with E-state index in [1.54, 1.807) is 0 Å². The molecular weight excluding hydrogens is 288 g/mol. The molecule has 3 N–H and O–H groups in total. The summed E-state index contributed by atoms with van der Waals surface area (Å²) in [6, 6.07) is 17.5. The van der Waals surface area contributed by atoms with Crippen LogP contribution >= 0.6 is 0 Å². The highest BCUT2D eigenvalue weighted by Gasteiger charge is 2.23. The highest BCUT2D eigenvalue weighted by Crippen LogP contribution is 2.17. The molecule has 4 heteroatoms. The quantitative estimate of drug-likeness (QED) is 0.791. The first-order valence-electron chi connectivity index (χ1n) is 8.05. The van der Waals surface area contributed by atoms with Crippen LogP contribution in [-0.4, -0.2) is 23.6 Å². The number of fused-ring (bicyclic) bond motifs is 1. The number of nitrogens with one attached hydrogen (secondary N) is 2. The normalized spacial score (nSPS) is 18.0. The summed E-state index contributed by atoms with van der Waals surface area (Å²) < 4.78 is 0. The lowest BCUT2D eigenvalue weighted by Crippen LogP contribution is -2.47. The summed E-state index contributed by atoms with van der Waals surface area (Å²) in [6.45, 7) is 1.19. The van der Waals surface area contributed by atoms with Crippen LogP contribution in [0.15, 0.2) is 54.6 Å². The van der Waals surface area contributed by atoms with Crippen molar-refractivity contribution >= 4 is 5.91 Å². The van der Waals surface area contributed by atoms with Gasteiger partial charge in [0, 0.05) is 13.1 Å². The molecule has 0 radical (unpaired) electrons. The van der Waals surface area contributed by atoms with Gasteiger partial charge in [-0.05, 0) is 29.5 Å². The van der Waals surface area contributed by atoms with Gasteiger partial charge in [0.25, 0.3) is 0 Å². The average molecular weight is 310 g/mol. The van der Waals surface area contributed by atoms with Crippen molar-refractivity contribution in [2.75, 3.05) is 6.54 Å². The first-order valence-corrected chi connectivity index (χ1v) is 8.05. The Morgan fingerprint density at radius 1 is 1.13 bits per heavy atom. The third kappa shape index (κ3) is 3.97. The van der Waals surface area contributed by atoms with Crippen LogP contribution < -0.4 is 10.6 Å². The van der Waals surface area contributed by atoms with Crippen molar-refractivity contribution in [3.8, 4) is 0 Å². The molecule has 2 aromatic carbocycles. The molecule has 4 nitrogen and oxygen atoms in total. The molecule has 0 spiro atoms. The molecule has 120 valence electrons. The summed E-state index contributed by atoms with van der Waals surface area (Å²) in [5.41, 5.74) is 3.37. The van der Waals surface area contributed by atoms with Crippen LogP contribution in [0.5, 0.6) is 0 Å². The molecule has 0 aliphatic carbocycles. The maximum atomic E-state index is 12.3. The minimum absolute atomic E-state index is 0.000218. The third-order valence-corrected chi connectivity index (χ3v) is 4.30. The Bertz CT molecular complexity index is 657. The SMILES string of the molecule is O=C(NCCC(O)c1ccccc1)C1Cc2ccccc2CN1. The molecule has 1 aliphatic rings. The van der Waals surface area contributed by atoms with E-state index in [0.29, 0.717) is 19.4 Å². The van der Waals surface area contributed by atoms with Gasteiger partial charge in [0.1, 0.15) is 0 Å². The van der Waals surface area contributed by atoms with Gasteiger partial charge in [-0.25, -0.2) is 0 Å². The molecular formula is C19H22N2O2. The van der Waals surface area contributed by atoms with Crippen LogP contribution in [0.4, 0.5) is 0 Å². The minimum atomic E-state index is -0.545. The molecule has 0 bridgehead atoms. The van der Waals surface area contributed by atoms with E-state index < -0.39 is 6.10 Å². The highest BCUT2D eigenvalue weighted by molar-refractivity contribution is 5.82. The summed E-state index contributed by atoms with van der Waals surface area (Å²) in [6.07, 6.45) is 0.680. The monoisotopic (exact) mass is 310 g/mol. The zero-order valence-electron chi connectivity index (χ0n) is 13.0. The van der Waals surface area contributed by atoms with Gasteiger partial charge in [-0.15, -0.1) is 0 Å². The van der Waals surface area contributed by atoms with Crippen molar-refractivity contribution in [3.63, 3.8) is 0 Å². The van der Waals surface area contributed by atoms with E-state index in [1.165, 1.54) is 11.1 Å². The topological polar surface area (TPSA) is 61.4 Å². The lowest BCUT2D eigenvalue weighted by Gasteiger charge is -2.25. The van der Waals surface area contributed by atoms with E-state index in [9.17, 15) is 9.90 Å². The van der Waals surface area contributed by atoms with Gasteiger partial charge in [0.2, 0.25) is 5.91 Å². The number of benzene rings is 2. The number of aliphatic hydroxyl groups excluding tert-OH is 1. The number of hydrogen-bond donors (Lipinski definition) is 3. The predicted molar refractivity (Wildman–Crippen MR) is 89.8 cm³/mol. The standard InChI is InChI=1S/C19H22N2O2/c22-18(14-6-2-1-3-7-14)10-11-20-19(23)17-12-15-8-4-5-9-16(15)13-21-17/h1-9,17-18,21-22H,10-13H2,(H,20,23). The van der Waals surface area contributed by atoms with Gasteiger partial charge in [0.15, 0.2) is 0 Å². The molecule has 23 heavy (non-hydrogen) atoms. The van der Waals surface area contributed by atoms with Crippen molar-refractivity contribution in [3.05, 3.63) is 71.3 Å². The fourth-order valence-corrected chi connectivity index (χ4v) is 2.94. The van der Waals surface area contributed by atoms with Gasteiger partial charge in [0.05, 0.1) is 12.1 Å².